The summed E-state index contributed by atoms with van der Waals surface area (Å²) in [5.41, 5.74) is 2.07. The number of nitrogens with zero attached hydrogens (tertiary/aromatic N) is 4. The summed E-state index contributed by atoms with van der Waals surface area (Å²) in [6, 6.07) is 5.64. The molecule has 0 aliphatic heterocycles. The SMILES string of the molecule is Cc1nn(-c2ncc(C(=O)NC3CCC(O)CC3)cn2)c2cc(Cl)ccc12. The number of aryl methyl sites for hydroxylation is 1. The lowest BCUT2D eigenvalue weighted by Crippen LogP contribution is -2.38. The number of carbonyl (C=O) groups is 1. The highest BCUT2D eigenvalue weighted by atomic mass is 35.5. The van der Waals surface area contributed by atoms with Gasteiger partial charge in [-0.15, -0.1) is 0 Å². The molecule has 0 bridgehead atoms. The zero-order valence-electron chi connectivity index (χ0n) is 14.9. The number of aromatic nitrogens is 4. The minimum Gasteiger partial charge on any atom is -0.393 e. The fraction of sp³-hybridized carbons (Fsp3) is 0.368. The highest BCUT2D eigenvalue weighted by Gasteiger charge is 2.21. The molecule has 3 aromatic rings. The molecule has 140 valence electrons. The Hall–Kier alpha value is -2.51. The van der Waals surface area contributed by atoms with E-state index in [0.717, 1.165) is 29.4 Å². The van der Waals surface area contributed by atoms with Crippen LogP contribution in [0.4, 0.5) is 0 Å². The summed E-state index contributed by atoms with van der Waals surface area (Å²) in [6.07, 6.45) is 5.76. The molecule has 1 saturated carbocycles. The van der Waals surface area contributed by atoms with Crippen molar-refractivity contribution in [3.63, 3.8) is 0 Å². The zero-order valence-corrected chi connectivity index (χ0v) is 15.6. The predicted octanol–water partition coefficient (Wildman–Crippen LogP) is 2.81. The van der Waals surface area contributed by atoms with E-state index in [1.807, 2.05) is 25.1 Å². The molecule has 4 rings (SSSR count). The third-order valence-electron chi connectivity index (χ3n) is 4.95. The maximum absolute atomic E-state index is 12.4. The molecule has 1 aromatic carbocycles. The van der Waals surface area contributed by atoms with Crippen LogP contribution in [0.1, 0.15) is 41.7 Å². The fourth-order valence-electron chi connectivity index (χ4n) is 3.43. The number of hydrogen-bond acceptors (Lipinski definition) is 5. The maximum Gasteiger partial charge on any atom is 0.254 e. The van der Waals surface area contributed by atoms with E-state index in [-0.39, 0.29) is 18.1 Å². The largest absolute Gasteiger partial charge is 0.393 e. The molecule has 0 unspecified atom stereocenters. The van der Waals surface area contributed by atoms with Gasteiger partial charge in [0, 0.05) is 28.8 Å². The summed E-state index contributed by atoms with van der Waals surface area (Å²) >= 11 is 6.11. The van der Waals surface area contributed by atoms with Crippen LogP contribution in [-0.2, 0) is 0 Å². The molecular formula is C19H20ClN5O2. The molecular weight excluding hydrogens is 366 g/mol. The third kappa shape index (κ3) is 3.65. The van der Waals surface area contributed by atoms with Crippen LogP contribution in [0, 0.1) is 6.92 Å². The van der Waals surface area contributed by atoms with Crippen molar-refractivity contribution in [1.82, 2.24) is 25.1 Å². The lowest BCUT2D eigenvalue weighted by molar-refractivity contribution is 0.0867. The molecule has 0 atom stereocenters. The number of carbonyl (C=O) groups excluding carboxylic acids is 1. The van der Waals surface area contributed by atoms with Crippen LogP contribution < -0.4 is 5.32 Å². The van der Waals surface area contributed by atoms with Crippen molar-refractivity contribution >= 4 is 28.4 Å². The maximum atomic E-state index is 12.4. The standard InChI is InChI=1S/C19H20ClN5O2/c1-11-16-7-2-13(20)8-17(16)25(24-11)19-21-9-12(10-22-19)18(27)23-14-3-5-15(26)6-4-14/h2,7-10,14-15,26H,3-6H2,1H3,(H,23,27). The summed E-state index contributed by atoms with van der Waals surface area (Å²) in [6.45, 7) is 1.91. The predicted molar refractivity (Wildman–Crippen MR) is 102 cm³/mol. The number of hydrogen-bond donors (Lipinski definition) is 2. The van der Waals surface area contributed by atoms with E-state index in [2.05, 4.69) is 20.4 Å². The number of rotatable bonds is 3. The molecule has 1 amide bonds. The van der Waals surface area contributed by atoms with Gasteiger partial charge in [0.25, 0.3) is 11.9 Å². The molecule has 2 N–H and O–H groups in total. The monoisotopic (exact) mass is 385 g/mol. The van der Waals surface area contributed by atoms with Crippen LogP contribution in [-0.4, -0.2) is 42.9 Å². The van der Waals surface area contributed by atoms with Gasteiger partial charge < -0.3 is 10.4 Å². The van der Waals surface area contributed by atoms with E-state index < -0.39 is 0 Å². The number of amides is 1. The van der Waals surface area contributed by atoms with E-state index in [1.54, 1.807) is 4.68 Å². The average Bonchev–Trinajstić information content (AvgIpc) is 2.99. The third-order valence-corrected chi connectivity index (χ3v) is 5.18. The number of nitrogens with one attached hydrogen (secondary N) is 1. The highest BCUT2D eigenvalue weighted by Crippen LogP contribution is 2.24. The van der Waals surface area contributed by atoms with Crippen LogP contribution in [0.25, 0.3) is 16.9 Å². The van der Waals surface area contributed by atoms with E-state index >= 15 is 0 Å². The van der Waals surface area contributed by atoms with Gasteiger partial charge in [0.15, 0.2) is 0 Å². The van der Waals surface area contributed by atoms with Crippen molar-refractivity contribution < 1.29 is 9.90 Å². The Morgan fingerprint density at radius 2 is 1.93 bits per heavy atom. The van der Waals surface area contributed by atoms with Gasteiger partial charge in [-0.25, -0.2) is 9.97 Å². The van der Waals surface area contributed by atoms with Gasteiger partial charge in [-0.2, -0.15) is 9.78 Å². The molecule has 0 saturated heterocycles. The van der Waals surface area contributed by atoms with Crippen molar-refractivity contribution in [2.24, 2.45) is 0 Å². The van der Waals surface area contributed by atoms with Gasteiger partial charge in [-0.05, 0) is 50.8 Å². The molecule has 1 aliphatic rings. The average molecular weight is 386 g/mol. The number of fused-ring (bicyclic) bond motifs is 1. The van der Waals surface area contributed by atoms with E-state index in [0.29, 0.717) is 29.4 Å². The fourth-order valence-corrected chi connectivity index (χ4v) is 3.60. The minimum absolute atomic E-state index is 0.0837. The van der Waals surface area contributed by atoms with Crippen LogP contribution >= 0.6 is 11.6 Å². The summed E-state index contributed by atoms with van der Waals surface area (Å²) in [5, 5.41) is 18.6. The van der Waals surface area contributed by atoms with Gasteiger partial charge in [-0.1, -0.05) is 11.6 Å². The Kier molecular flexibility index (Phi) is 4.80. The van der Waals surface area contributed by atoms with Gasteiger partial charge in [0.2, 0.25) is 0 Å². The van der Waals surface area contributed by atoms with Crippen molar-refractivity contribution in [1.29, 1.82) is 0 Å². The van der Waals surface area contributed by atoms with E-state index in [4.69, 9.17) is 11.6 Å². The number of aliphatic hydroxyl groups excluding tert-OH is 1. The Labute approximate surface area is 161 Å². The Balaban J connectivity index is 1.54. The Morgan fingerprint density at radius 1 is 1.22 bits per heavy atom. The summed E-state index contributed by atoms with van der Waals surface area (Å²) in [7, 11) is 0. The summed E-state index contributed by atoms with van der Waals surface area (Å²) < 4.78 is 1.63. The lowest BCUT2D eigenvalue weighted by Gasteiger charge is -2.26. The first-order valence-electron chi connectivity index (χ1n) is 8.97. The van der Waals surface area contributed by atoms with Gasteiger partial charge in [0.05, 0.1) is 22.9 Å². The number of halogens is 1. The van der Waals surface area contributed by atoms with Crippen LogP contribution in [0.3, 0.4) is 0 Å². The zero-order chi connectivity index (χ0) is 19.0. The first-order chi connectivity index (χ1) is 13.0. The molecule has 27 heavy (non-hydrogen) atoms. The second-order valence-corrected chi connectivity index (χ2v) is 7.35. The molecule has 0 radical (unpaired) electrons. The van der Waals surface area contributed by atoms with E-state index in [9.17, 15) is 9.90 Å². The van der Waals surface area contributed by atoms with Crippen LogP contribution in [0.2, 0.25) is 5.02 Å². The van der Waals surface area contributed by atoms with Gasteiger partial charge in [-0.3, -0.25) is 4.79 Å². The van der Waals surface area contributed by atoms with Crippen molar-refractivity contribution in [2.75, 3.05) is 0 Å². The normalized spacial score (nSPS) is 20.0. The molecule has 7 nitrogen and oxygen atoms in total. The molecule has 2 aromatic heterocycles. The van der Waals surface area contributed by atoms with Gasteiger partial charge >= 0.3 is 0 Å². The Bertz CT molecular complexity index is 978. The lowest BCUT2D eigenvalue weighted by atomic mass is 9.93. The van der Waals surface area contributed by atoms with Gasteiger partial charge in [0.1, 0.15) is 0 Å². The van der Waals surface area contributed by atoms with Crippen molar-refractivity contribution in [2.45, 2.75) is 44.8 Å². The van der Waals surface area contributed by atoms with Crippen LogP contribution in [0.15, 0.2) is 30.6 Å². The summed E-state index contributed by atoms with van der Waals surface area (Å²) in [4.78, 5) is 21.0. The first kappa shape index (κ1) is 17.9. The van der Waals surface area contributed by atoms with E-state index in [1.165, 1.54) is 12.4 Å². The minimum atomic E-state index is -0.248. The quantitative estimate of drug-likeness (QED) is 0.723. The molecule has 0 spiro atoms. The second kappa shape index (κ2) is 7.25. The van der Waals surface area contributed by atoms with Crippen molar-refractivity contribution in [3.8, 4) is 5.95 Å². The molecule has 1 aliphatic carbocycles. The molecule has 1 fully saturated rings. The van der Waals surface area contributed by atoms with Crippen LogP contribution in [0.5, 0.6) is 0 Å². The smallest absolute Gasteiger partial charge is 0.254 e. The topological polar surface area (TPSA) is 92.9 Å². The highest BCUT2D eigenvalue weighted by molar-refractivity contribution is 6.31. The number of aliphatic hydroxyl groups is 1. The first-order valence-corrected chi connectivity index (χ1v) is 9.35. The molecule has 2 heterocycles. The number of benzene rings is 1. The summed E-state index contributed by atoms with van der Waals surface area (Å²) in [5.74, 6) is 0.181. The second-order valence-electron chi connectivity index (χ2n) is 6.91. The Morgan fingerprint density at radius 3 is 2.63 bits per heavy atom. The molecule has 8 heteroatoms. The van der Waals surface area contributed by atoms with Crippen molar-refractivity contribution in [3.05, 3.63) is 46.9 Å².